The molecule has 1 aromatic rings. The van der Waals surface area contributed by atoms with Crippen molar-refractivity contribution in [1.29, 1.82) is 5.26 Å². The van der Waals surface area contributed by atoms with Crippen LogP contribution in [0.2, 0.25) is 0 Å². The summed E-state index contributed by atoms with van der Waals surface area (Å²) in [6.45, 7) is 3.91. The molecular weight excluding hydrogens is 176 g/mol. The molecule has 0 aliphatic carbocycles. The van der Waals surface area contributed by atoms with E-state index in [9.17, 15) is 0 Å². The summed E-state index contributed by atoms with van der Waals surface area (Å²) in [5, 5.41) is 8.77. The second kappa shape index (κ2) is 3.62. The third-order valence-electron chi connectivity index (χ3n) is 2.35. The van der Waals surface area contributed by atoms with Gasteiger partial charge in [-0.15, -0.1) is 0 Å². The summed E-state index contributed by atoms with van der Waals surface area (Å²) in [4.78, 5) is 10.6. The van der Waals surface area contributed by atoms with Gasteiger partial charge in [-0.05, 0) is 25.8 Å². The average Bonchev–Trinajstić information content (AvgIpc) is 2.69. The predicted octanol–water partition coefficient (Wildman–Crippen LogP) is 1.26. The Kier molecular flexibility index (Phi) is 2.32. The molecule has 0 unspecified atom stereocenters. The Bertz CT molecular complexity index is 374. The molecule has 1 fully saturated rings. The normalized spacial score (nSPS) is 15.6. The molecule has 1 aliphatic heterocycles. The van der Waals surface area contributed by atoms with Gasteiger partial charge in [0.15, 0.2) is 0 Å². The summed E-state index contributed by atoms with van der Waals surface area (Å²) in [5.41, 5.74) is 1.32. The minimum Gasteiger partial charge on any atom is -0.341 e. The molecule has 0 amide bonds. The van der Waals surface area contributed by atoms with E-state index in [2.05, 4.69) is 20.9 Å². The Morgan fingerprint density at radius 2 is 2.07 bits per heavy atom. The number of hydrogen-bond donors (Lipinski definition) is 0. The number of aromatic nitrogens is 2. The van der Waals surface area contributed by atoms with E-state index in [1.807, 2.05) is 6.92 Å². The van der Waals surface area contributed by atoms with Crippen LogP contribution in [0.5, 0.6) is 0 Å². The maximum atomic E-state index is 8.77. The Morgan fingerprint density at radius 1 is 1.36 bits per heavy atom. The van der Waals surface area contributed by atoms with Crippen LogP contribution >= 0.6 is 0 Å². The van der Waals surface area contributed by atoms with E-state index in [0.717, 1.165) is 18.8 Å². The highest BCUT2D eigenvalue weighted by Gasteiger charge is 2.15. The number of aryl methyl sites for hydroxylation is 1. The van der Waals surface area contributed by atoms with Gasteiger partial charge in [0.05, 0.1) is 0 Å². The first-order chi connectivity index (χ1) is 6.79. The monoisotopic (exact) mass is 188 g/mol. The van der Waals surface area contributed by atoms with Gasteiger partial charge in [-0.3, -0.25) is 0 Å². The highest BCUT2D eigenvalue weighted by atomic mass is 15.3. The second-order valence-electron chi connectivity index (χ2n) is 3.50. The van der Waals surface area contributed by atoms with Gasteiger partial charge < -0.3 is 4.90 Å². The highest BCUT2D eigenvalue weighted by Crippen LogP contribution is 2.16. The maximum Gasteiger partial charge on any atom is 0.226 e. The van der Waals surface area contributed by atoms with Crippen molar-refractivity contribution < 1.29 is 0 Å². The van der Waals surface area contributed by atoms with Gasteiger partial charge in [-0.25, -0.2) is 9.97 Å². The van der Waals surface area contributed by atoms with E-state index in [-0.39, 0.29) is 0 Å². The lowest BCUT2D eigenvalue weighted by Crippen LogP contribution is -2.21. The molecule has 4 nitrogen and oxygen atoms in total. The fraction of sp³-hybridized carbons (Fsp3) is 0.500. The zero-order chi connectivity index (χ0) is 9.97. The van der Waals surface area contributed by atoms with E-state index < -0.39 is 0 Å². The Labute approximate surface area is 83.2 Å². The van der Waals surface area contributed by atoms with E-state index in [4.69, 9.17) is 5.26 Å². The van der Waals surface area contributed by atoms with Crippen molar-refractivity contribution in [3.05, 3.63) is 17.5 Å². The van der Waals surface area contributed by atoms with E-state index in [1.165, 1.54) is 12.8 Å². The van der Waals surface area contributed by atoms with Gasteiger partial charge in [0.1, 0.15) is 11.8 Å². The lowest BCUT2D eigenvalue weighted by Gasteiger charge is -2.14. The number of nitrogens with zero attached hydrogens (tertiary/aromatic N) is 4. The minimum atomic E-state index is 0.458. The molecular formula is C10H12N4. The lowest BCUT2D eigenvalue weighted by atomic mass is 10.3. The van der Waals surface area contributed by atoms with Crippen LogP contribution in [0.4, 0.5) is 5.95 Å². The van der Waals surface area contributed by atoms with Gasteiger partial charge >= 0.3 is 0 Å². The van der Waals surface area contributed by atoms with E-state index in [0.29, 0.717) is 11.6 Å². The molecule has 0 aromatic carbocycles. The third-order valence-corrected chi connectivity index (χ3v) is 2.35. The molecule has 72 valence electrons. The van der Waals surface area contributed by atoms with Gasteiger partial charge in [-0.1, -0.05) is 0 Å². The summed E-state index contributed by atoms with van der Waals surface area (Å²) in [7, 11) is 0. The Balaban J connectivity index is 2.33. The first-order valence-corrected chi connectivity index (χ1v) is 4.80. The van der Waals surface area contributed by atoms with Crippen LogP contribution in [-0.4, -0.2) is 23.1 Å². The zero-order valence-electron chi connectivity index (χ0n) is 8.19. The van der Waals surface area contributed by atoms with Crippen molar-refractivity contribution in [2.45, 2.75) is 19.8 Å². The molecule has 1 aromatic heterocycles. The molecule has 0 saturated carbocycles. The summed E-state index contributed by atoms with van der Waals surface area (Å²) in [6.07, 6.45) is 2.39. The van der Waals surface area contributed by atoms with E-state index >= 15 is 0 Å². The second-order valence-corrected chi connectivity index (χ2v) is 3.50. The maximum absolute atomic E-state index is 8.77. The standard InChI is InChI=1S/C10H12N4/c1-8-6-9(7-11)13-10(12-8)14-4-2-3-5-14/h6H,2-5H2,1H3. The smallest absolute Gasteiger partial charge is 0.226 e. The fourth-order valence-electron chi connectivity index (χ4n) is 1.67. The molecule has 2 rings (SSSR count). The van der Waals surface area contributed by atoms with Crippen molar-refractivity contribution in [3.63, 3.8) is 0 Å². The van der Waals surface area contributed by atoms with Crippen LogP contribution < -0.4 is 4.90 Å². The first kappa shape index (κ1) is 8.95. The van der Waals surface area contributed by atoms with Gasteiger partial charge in [0.25, 0.3) is 0 Å². The summed E-state index contributed by atoms with van der Waals surface area (Å²) in [5.74, 6) is 0.707. The Morgan fingerprint density at radius 3 is 2.71 bits per heavy atom. The lowest BCUT2D eigenvalue weighted by molar-refractivity contribution is 0.885. The molecule has 4 heteroatoms. The van der Waals surface area contributed by atoms with Crippen molar-refractivity contribution in [3.8, 4) is 6.07 Å². The molecule has 2 heterocycles. The minimum absolute atomic E-state index is 0.458. The molecule has 0 radical (unpaired) electrons. The van der Waals surface area contributed by atoms with Gasteiger partial charge in [-0.2, -0.15) is 5.26 Å². The Hall–Kier alpha value is -1.63. The molecule has 0 atom stereocenters. The number of hydrogen-bond acceptors (Lipinski definition) is 4. The van der Waals surface area contributed by atoms with Crippen LogP contribution in [-0.2, 0) is 0 Å². The molecule has 0 bridgehead atoms. The fourth-order valence-corrected chi connectivity index (χ4v) is 1.67. The summed E-state index contributed by atoms with van der Waals surface area (Å²) < 4.78 is 0. The SMILES string of the molecule is Cc1cc(C#N)nc(N2CCCC2)n1. The van der Waals surface area contributed by atoms with Crippen LogP contribution in [0.15, 0.2) is 6.07 Å². The van der Waals surface area contributed by atoms with Crippen LogP contribution in [0.3, 0.4) is 0 Å². The number of rotatable bonds is 1. The van der Waals surface area contributed by atoms with Gasteiger partial charge in [0, 0.05) is 18.8 Å². The molecule has 0 spiro atoms. The quantitative estimate of drug-likeness (QED) is 0.665. The number of nitriles is 1. The molecule has 0 N–H and O–H groups in total. The van der Waals surface area contributed by atoms with Crippen molar-refractivity contribution >= 4 is 5.95 Å². The average molecular weight is 188 g/mol. The van der Waals surface area contributed by atoms with Crippen LogP contribution in [0.25, 0.3) is 0 Å². The van der Waals surface area contributed by atoms with Crippen LogP contribution in [0.1, 0.15) is 24.2 Å². The highest BCUT2D eigenvalue weighted by molar-refractivity contribution is 5.36. The van der Waals surface area contributed by atoms with E-state index in [1.54, 1.807) is 6.07 Å². The van der Waals surface area contributed by atoms with Crippen molar-refractivity contribution in [2.75, 3.05) is 18.0 Å². The van der Waals surface area contributed by atoms with Gasteiger partial charge in [0.2, 0.25) is 5.95 Å². The predicted molar refractivity (Wildman–Crippen MR) is 52.9 cm³/mol. The molecule has 1 saturated heterocycles. The van der Waals surface area contributed by atoms with Crippen molar-refractivity contribution in [2.24, 2.45) is 0 Å². The first-order valence-electron chi connectivity index (χ1n) is 4.80. The zero-order valence-corrected chi connectivity index (χ0v) is 8.19. The summed E-state index contributed by atoms with van der Waals surface area (Å²) in [6, 6.07) is 3.76. The molecule has 14 heavy (non-hydrogen) atoms. The largest absolute Gasteiger partial charge is 0.341 e. The van der Waals surface area contributed by atoms with Crippen molar-refractivity contribution in [1.82, 2.24) is 9.97 Å². The third kappa shape index (κ3) is 1.67. The van der Waals surface area contributed by atoms with Crippen LogP contribution in [0, 0.1) is 18.3 Å². The number of anilines is 1. The molecule has 1 aliphatic rings. The summed E-state index contributed by atoms with van der Waals surface area (Å²) >= 11 is 0. The topological polar surface area (TPSA) is 52.8 Å².